The predicted octanol–water partition coefficient (Wildman–Crippen LogP) is 4.29. The quantitative estimate of drug-likeness (QED) is 0.402. The van der Waals surface area contributed by atoms with Gasteiger partial charge in [-0.25, -0.2) is 0 Å². The summed E-state index contributed by atoms with van der Waals surface area (Å²) in [6, 6.07) is 18.8. The molecule has 0 fully saturated rings. The van der Waals surface area contributed by atoms with Crippen molar-refractivity contribution in [2.24, 2.45) is 0 Å². The van der Waals surface area contributed by atoms with Crippen molar-refractivity contribution in [2.45, 2.75) is 19.4 Å². The number of nitrogens with one attached hydrogen (secondary N) is 2. The van der Waals surface area contributed by atoms with Gasteiger partial charge >= 0.3 is 0 Å². The third-order valence-corrected chi connectivity index (χ3v) is 6.43. The van der Waals surface area contributed by atoms with E-state index in [2.05, 4.69) is 33.7 Å². The number of hydrogen-bond donors (Lipinski definition) is 2. The number of carbonyl (C=O) groups is 2. The maximum atomic E-state index is 13.3. The molecule has 0 saturated heterocycles. The minimum Gasteiger partial charge on any atom is -0.497 e. The van der Waals surface area contributed by atoms with Crippen LogP contribution < -0.4 is 25.0 Å². The molecule has 37 heavy (non-hydrogen) atoms. The molecule has 3 aromatic rings. The van der Waals surface area contributed by atoms with Crippen molar-refractivity contribution in [3.63, 3.8) is 0 Å². The van der Waals surface area contributed by atoms with Crippen LogP contribution in [0.3, 0.4) is 0 Å². The van der Waals surface area contributed by atoms with Crippen LogP contribution in [0.2, 0.25) is 0 Å². The molecule has 1 heterocycles. The standard InChI is InChI=1S/C29H33N3O5/c1-35-16-6-14-30-28(33)25-17-22(31-29(34)24-11-10-23(36-2)18-27(24)37-3)9-12-26(25)32-15-13-20-7-4-5-8-21(20)19-32/h4-5,7-12,17-18H,6,13-16,19H2,1-3H3,(H,30,33)(H,31,34). The Kier molecular flexibility index (Phi) is 8.64. The highest BCUT2D eigenvalue weighted by molar-refractivity contribution is 6.08. The summed E-state index contributed by atoms with van der Waals surface area (Å²) in [5, 5.41) is 5.89. The molecule has 3 aromatic carbocycles. The Bertz CT molecular complexity index is 1260. The maximum Gasteiger partial charge on any atom is 0.259 e. The summed E-state index contributed by atoms with van der Waals surface area (Å²) < 4.78 is 15.7. The van der Waals surface area contributed by atoms with Gasteiger partial charge in [0.1, 0.15) is 11.5 Å². The zero-order valence-corrected chi connectivity index (χ0v) is 21.5. The number of nitrogens with zero attached hydrogens (tertiary/aromatic N) is 1. The molecule has 0 aliphatic carbocycles. The summed E-state index contributed by atoms with van der Waals surface area (Å²) in [6.07, 6.45) is 1.61. The lowest BCUT2D eigenvalue weighted by Crippen LogP contribution is -2.33. The molecule has 0 bridgehead atoms. The van der Waals surface area contributed by atoms with Crippen LogP contribution in [-0.2, 0) is 17.7 Å². The Morgan fingerprint density at radius 2 is 1.70 bits per heavy atom. The molecule has 0 radical (unpaired) electrons. The highest BCUT2D eigenvalue weighted by Crippen LogP contribution is 2.31. The van der Waals surface area contributed by atoms with E-state index >= 15 is 0 Å². The van der Waals surface area contributed by atoms with E-state index in [9.17, 15) is 9.59 Å². The van der Waals surface area contributed by atoms with E-state index in [1.54, 1.807) is 38.5 Å². The van der Waals surface area contributed by atoms with Gasteiger partial charge in [0.05, 0.1) is 25.3 Å². The van der Waals surface area contributed by atoms with Crippen LogP contribution in [0.15, 0.2) is 60.7 Å². The topological polar surface area (TPSA) is 89.1 Å². The number of rotatable bonds is 10. The van der Waals surface area contributed by atoms with Crippen molar-refractivity contribution in [3.05, 3.63) is 82.9 Å². The van der Waals surface area contributed by atoms with Crippen LogP contribution >= 0.6 is 0 Å². The molecule has 8 nitrogen and oxygen atoms in total. The first-order chi connectivity index (χ1) is 18.0. The summed E-state index contributed by atoms with van der Waals surface area (Å²) in [4.78, 5) is 28.6. The smallest absolute Gasteiger partial charge is 0.259 e. The Hall–Kier alpha value is -4.04. The fourth-order valence-corrected chi connectivity index (χ4v) is 4.47. The van der Waals surface area contributed by atoms with Crippen LogP contribution in [0.4, 0.5) is 11.4 Å². The molecule has 4 rings (SSSR count). The molecule has 194 valence electrons. The van der Waals surface area contributed by atoms with Gasteiger partial charge in [0.2, 0.25) is 0 Å². The van der Waals surface area contributed by atoms with E-state index < -0.39 is 0 Å². The average Bonchev–Trinajstić information content (AvgIpc) is 2.94. The molecular formula is C29H33N3O5. The van der Waals surface area contributed by atoms with Crippen molar-refractivity contribution in [1.82, 2.24) is 5.32 Å². The van der Waals surface area contributed by atoms with Crippen LogP contribution in [0, 0.1) is 0 Å². The molecule has 0 aromatic heterocycles. The summed E-state index contributed by atoms with van der Waals surface area (Å²) in [5.41, 5.74) is 4.82. The van der Waals surface area contributed by atoms with Crippen molar-refractivity contribution >= 4 is 23.2 Å². The summed E-state index contributed by atoms with van der Waals surface area (Å²) >= 11 is 0. The molecule has 0 unspecified atom stereocenters. The summed E-state index contributed by atoms with van der Waals surface area (Å²) in [6.45, 7) is 2.58. The SMILES string of the molecule is COCCCNC(=O)c1cc(NC(=O)c2ccc(OC)cc2OC)ccc1N1CCc2ccccc2C1. The molecule has 1 aliphatic rings. The van der Waals surface area contributed by atoms with E-state index in [-0.39, 0.29) is 11.8 Å². The van der Waals surface area contributed by atoms with Crippen LogP contribution in [0.25, 0.3) is 0 Å². The van der Waals surface area contributed by atoms with Gasteiger partial charge in [-0.2, -0.15) is 0 Å². The normalized spacial score (nSPS) is 12.5. The Balaban J connectivity index is 1.60. The molecule has 0 saturated carbocycles. The molecule has 2 N–H and O–H groups in total. The monoisotopic (exact) mass is 503 g/mol. The second-order valence-corrected chi connectivity index (χ2v) is 8.79. The van der Waals surface area contributed by atoms with Gasteiger partial charge in [-0.3, -0.25) is 9.59 Å². The van der Waals surface area contributed by atoms with Gasteiger partial charge < -0.3 is 29.7 Å². The summed E-state index contributed by atoms with van der Waals surface area (Å²) in [5.74, 6) is 0.457. The lowest BCUT2D eigenvalue weighted by molar-refractivity contribution is 0.0947. The van der Waals surface area contributed by atoms with E-state index in [1.807, 2.05) is 18.2 Å². The fourth-order valence-electron chi connectivity index (χ4n) is 4.47. The van der Waals surface area contributed by atoms with Crippen molar-refractivity contribution < 1.29 is 23.8 Å². The van der Waals surface area contributed by atoms with Crippen LogP contribution in [0.1, 0.15) is 38.3 Å². The maximum absolute atomic E-state index is 13.3. The molecule has 0 spiro atoms. The zero-order valence-electron chi connectivity index (χ0n) is 21.5. The van der Waals surface area contributed by atoms with E-state index in [4.69, 9.17) is 14.2 Å². The number of hydrogen-bond acceptors (Lipinski definition) is 6. The van der Waals surface area contributed by atoms with Crippen LogP contribution in [0.5, 0.6) is 11.5 Å². The van der Waals surface area contributed by atoms with E-state index in [0.29, 0.717) is 47.9 Å². The van der Waals surface area contributed by atoms with Gasteiger partial charge in [0.15, 0.2) is 0 Å². The third kappa shape index (κ3) is 6.21. The van der Waals surface area contributed by atoms with Gasteiger partial charge in [-0.15, -0.1) is 0 Å². The number of carbonyl (C=O) groups excluding carboxylic acids is 2. The Labute approximate surface area is 217 Å². The first-order valence-electron chi connectivity index (χ1n) is 12.3. The highest BCUT2D eigenvalue weighted by atomic mass is 16.5. The lowest BCUT2D eigenvalue weighted by Gasteiger charge is -2.32. The van der Waals surface area contributed by atoms with Crippen molar-refractivity contribution in [1.29, 1.82) is 0 Å². The van der Waals surface area contributed by atoms with Crippen molar-refractivity contribution in [2.75, 3.05) is 51.2 Å². The first kappa shape index (κ1) is 26.0. The number of amides is 2. The highest BCUT2D eigenvalue weighted by Gasteiger charge is 2.22. The van der Waals surface area contributed by atoms with Gasteiger partial charge in [-0.05, 0) is 54.3 Å². The Morgan fingerprint density at radius 1 is 0.892 bits per heavy atom. The predicted molar refractivity (Wildman–Crippen MR) is 144 cm³/mol. The number of fused-ring (bicyclic) bond motifs is 1. The molecule has 0 atom stereocenters. The minimum absolute atomic E-state index is 0.192. The number of anilines is 2. The van der Waals surface area contributed by atoms with Gasteiger partial charge in [0, 0.05) is 50.8 Å². The summed E-state index contributed by atoms with van der Waals surface area (Å²) in [7, 11) is 4.69. The fraction of sp³-hybridized carbons (Fsp3) is 0.310. The molecular weight excluding hydrogens is 470 g/mol. The second-order valence-electron chi connectivity index (χ2n) is 8.79. The first-order valence-corrected chi connectivity index (χ1v) is 12.3. The lowest BCUT2D eigenvalue weighted by atomic mass is 9.98. The Morgan fingerprint density at radius 3 is 2.46 bits per heavy atom. The van der Waals surface area contributed by atoms with E-state index in [0.717, 1.165) is 25.2 Å². The zero-order chi connectivity index (χ0) is 26.2. The second kappa shape index (κ2) is 12.3. The van der Waals surface area contributed by atoms with Crippen LogP contribution in [-0.4, -0.2) is 52.8 Å². The minimum atomic E-state index is -0.342. The molecule has 2 amide bonds. The molecule has 1 aliphatic heterocycles. The third-order valence-electron chi connectivity index (χ3n) is 6.43. The van der Waals surface area contributed by atoms with E-state index in [1.165, 1.54) is 18.2 Å². The number of benzene rings is 3. The average molecular weight is 504 g/mol. The van der Waals surface area contributed by atoms with Crippen molar-refractivity contribution in [3.8, 4) is 11.5 Å². The van der Waals surface area contributed by atoms with Gasteiger partial charge in [0.25, 0.3) is 11.8 Å². The largest absolute Gasteiger partial charge is 0.497 e. The number of methoxy groups -OCH3 is 3. The van der Waals surface area contributed by atoms with Gasteiger partial charge in [-0.1, -0.05) is 24.3 Å². The molecule has 8 heteroatoms. The number of ether oxygens (including phenoxy) is 3.